The molecule has 0 unspecified atom stereocenters. The van der Waals surface area contributed by atoms with Crippen LogP contribution in [0, 0.1) is 5.92 Å². The van der Waals surface area contributed by atoms with E-state index in [9.17, 15) is 5.11 Å². The van der Waals surface area contributed by atoms with Gasteiger partial charge in [-0.15, -0.1) is 0 Å². The van der Waals surface area contributed by atoms with Crippen molar-refractivity contribution in [3.05, 3.63) is 35.9 Å². The fraction of sp³-hybridized carbons (Fsp3) is 0.684. The molecule has 0 spiro atoms. The standard InChI is InChI=1S/C19H29NO/c21-19(17-9-3-1-4-10-17,18-11-5-2-6-12-18)13-16-20-14-7-8-15-20/h1,3-4,9-10,18,21H,2,5-8,11-16H2/p+1/t19-/m0/s1. The van der Waals surface area contributed by atoms with E-state index in [0.717, 1.165) is 18.5 Å². The second-order valence-corrected chi connectivity index (χ2v) is 7.08. The van der Waals surface area contributed by atoms with E-state index in [1.807, 2.05) is 0 Å². The van der Waals surface area contributed by atoms with Gasteiger partial charge in [-0.1, -0.05) is 49.6 Å². The maximum absolute atomic E-state index is 11.6. The molecular formula is C19H30NO+. The lowest BCUT2D eigenvalue weighted by Gasteiger charge is -2.39. The Morgan fingerprint density at radius 1 is 0.952 bits per heavy atom. The number of aliphatic hydroxyl groups is 1. The maximum atomic E-state index is 11.6. The van der Waals surface area contributed by atoms with Gasteiger partial charge in [0.2, 0.25) is 0 Å². The Morgan fingerprint density at radius 3 is 2.29 bits per heavy atom. The molecular weight excluding hydrogens is 258 g/mol. The lowest BCUT2D eigenvalue weighted by Crippen LogP contribution is -3.10. The van der Waals surface area contributed by atoms with Crippen molar-refractivity contribution in [2.24, 2.45) is 5.92 Å². The molecule has 21 heavy (non-hydrogen) atoms. The van der Waals surface area contributed by atoms with Gasteiger partial charge in [0.1, 0.15) is 0 Å². The van der Waals surface area contributed by atoms with Crippen molar-refractivity contribution in [1.82, 2.24) is 0 Å². The van der Waals surface area contributed by atoms with Gasteiger partial charge in [0.15, 0.2) is 0 Å². The minimum atomic E-state index is -0.600. The third kappa shape index (κ3) is 3.49. The van der Waals surface area contributed by atoms with Gasteiger partial charge in [-0.2, -0.15) is 0 Å². The Bertz CT molecular complexity index is 420. The Morgan fingerprint density at radius 2 is 1.62 bits per heavy atom. The van der Waals surface area contributed by atoms with Gasteiger partial charge in [-0.3, -0.25) is 0 Å². The summed E-state index contributed by atoms with van der Waals surface area (Å²) in [5.74, 6) is 0.454. The quantitative estimate of drug-likeness (QED) is 0.855. The first-order chi connectivity index (χ1) is 10.3. The van der Waals surface area contributed by atoms with Crippen LogP contribution in [0.1, 0.15) is 56.9 Å². The second-order valence-electron chi connectivity index (χ2n) is 7.08. The second kappa shape index (κ2) is 6.93. The van der Waals surface area contributed by atoms with Gasteiger partial charge in [0.25, 0.3) is 0 Å². The van der Waals surface area contributed by atoms with Crippen molar-refractivity contribution in [2.45, 2.75) is 57.0 Å². The molecule has 2 aliphatic rings. The molecule has 3 rings (SSSR count). The van der Waals surface area contributed by atoms with E-state index in [1.165, 1.54) is 58.0 Å². The third-order valence-corrected chi connectivity index (χ3v) is 5.72. The predicted octanol–water partition coefficient (Wildman–Crippen LogP) is 2.52. The van der Waals surface area contributed by atoms with E-state index in [0.29, 0.717) is 5.92 Å². The predicted molar refractivity (Wildman–Crippen MR) is 86.3 cm³/mol. The van der Waals surface area contributed by atoms with Gasteiger partial charge in [0, 0.05) is 19.3 Å². The molecule has 116 valence electrons. The first kappa shape index (κ1) is 15.1. The highest BCUT2D eigenvalue weighted by Gasteiger charge is 2.39. The molecule has 0 aromatic heterocycles. The number of nitrogens with one attached hydrogen (secondary N) is 1. The van der Waals surface area contributed by atoms with Crippen molar-refractivity contribution in [1.29, 1.82) is 0 Å². The summed E-state index contributed by atoms with van der Waals surface area (Å²) in [6, 6.07) is 10.5. The summed E-state index contributed by atoms with van der Waals surface area (Å²) >= 11 is 0. The Labute approximate surface area is 129 Å². The molecule has 0 amide bonds. The van der Waals surface area contributed by atoms with E-state index in [1.54, 1.807) is 4.90 Å². The molecule has 1 aliphatic heterocycles. The van der Waals surface area contributed by atoms with Gasteiger partial charge in [-0.05, 0) is 24.3 Å². The molecule has 1 heterocycles. The van der Waals surface area contributed by atoms with E-state index < -0.39 is 5.60 Å². The van der Waals surface area contributed by atoms with Crippen LogP contribution in [0.4, 0.5) is 0 Å². The van der Waals surface area contributed by atoms with Crippen LogP contribution in [0.15, 0.2) is 30.3 Å². The number of rotatable bonds is 5. The van der Waals surface area contributed by atoms with E-state index in [4.69, 9.17) is 0 Å². The lowest BCUT2D eigenvalue weighted by molar-refractivity contribution is -0.888. The van der Waals surface area contributed by atoms with Crippen molar-refractivity contribution < 1.29 is 10.0 Å². The Hall–Kier alpha value is -0.860. The first-order valence-corrected chi connectivity index (χ1v) is 8.90. The number of hydrogen-bond donors (Lipinski definition) is 2. The van der Waals surface area contributed by atoms with Gasteiger partial charge >= 0.3 is 0 Å². The van der Waals surface area contributed by atoms with E-state index in [-0.39, 0.29) is 0 Å². The molecule has 2 heteroatoms. The molecule has 1 aliphatic carbocycles. The summed E-state index contributed by atoms with van der Waals surface area (Å²) in [6.45, 7) is 3.73. The molecule has 1 saturated heterocycles. The summed E-state index contributed by atoms with van der Waals surface area (Å²) in [5.41, 5.74) is 0.549. The van der Waals surface area contributed by atoms with Crippen LogP contribution in [0.2, 0.25) is 0 Å². The monoisotopic (exact) mass is 288 g/mol. The highest BCUT2D eigenvalue weighted by molar-refractivity contribution is 5.23. The average Bonchev–Trinajstić information content (AvgIpc) is 3.08. The van der Waals surface area contributed by atoms with E-state index in [2.05, 4.69) is 30.3 Å². The third-order valence-electron chi connectivity index (χ3n) is 5.72. The fourth-order valence-corrected chi connectivity index (χ4v) is 4.38. The van der Waals surface area contributed by atoms with Gasteiger partial charge in [-0.25, -0.2) is 0 Å². The molecule has 0 radical (unpaired) electrons. The molecule has 1 aromatic rings. The number of quaternary nitrogens is 1. The topological polar surface area (TPSA) is 24.7 Å². The van der Waals surface area contributed by atoms with Crippen molar-refractivity contribution >= 4 is 0 Å². The summed E-state index contributed by atoms with van der Waals surface area (Å²) in [5, 5.41) is 11.6. The highest BCUT2D eigenvalue weighted by Crippen LogP contribution is 2.41. The number of likely N-dealkylation sites (tertiary alicyclic amines) is 1. The zero-order chi connectivity index (χ0) is 14.5. The largest absolute Gasteiger partial charge is 0.385 e. The minimum absolute atomic E-state index is 0.454. The molecule has 1 aromatic carbocycles. The van der Waals surface area contributed by atoms with Crippen molar-refractivity contribution in [3.8, 4) is 0 Å². The van der Waals surface area contributed by atoms with Crippen LogP contribution in [-0.2, 0) is 5.60 Å². The molecule has 1 saturated carbocycles. The summed E-state index contributed by atoms with van der Waals surface area (Å²) in [6.07, 6.45) is 9.97. The minimum Gasteiger partial charge on any atom is -0.385 e. The molecule has 2 N–H and O–H groups in total. The summed E-state index contributed by atoms with van der Waals surface area (Å²) < 4.78 is 0. The molecule has 0 bridgehead atoms. The molecule has 2 fully saturated rings. The SMILES string of the molecule is O[C@@](CC[NH+]1CCCC1)(c1ccccc1)C1CCCCC1. The summed E-state index contributed by atoms with van der Waals surface area (Å²) in [4.78, 5) is 1.69. The first-order valence-electron chi connectivity index (χ1n) is 8.90. The van der Waals surface area contributed by atoms with Crippen LogP contribution in [0.25, 0.3) is 0 Å². The summed E-state index contributed by atoms with van der Waals surface area (Å²) in [7, 11) is 0. The Balaban J connectivity index is 1.75. The Kier molecular flexibility index (Phi) is 4.97. The van der Waals surface area contributed by atoms with Gasteiger partial charge in [0.05, 0.1) is 25.2 Å². The van der Waals surface area contributed by atoms with Crippen LogP contribution in [-0.4, -0.2) is 24.7 Å². The molecule has 2 nitrogen and oxygen atoms in total. The van der Waals surface area contributed by atoms with E-state index >= 15 is 0 Å². The zero-order valence-electron chi connectivity index (χ0n) is 13.2. The van der Waals surface area contributed by atoms with Crippen molar-refractivity contribution in [2.75, 3.05) is 19.6 Å². The van der Waals surface area contributed by atoms with Crippen LogP contribution in [0.5, 0.6) is 0 Å². The number of benzene rings is 1. The zero-order valence-corrected chi connectivity index (χ0v) is 13.2. The van der Waals surface area contributed by atoms with Crippen LogP contribution in [0.3, 0.4) is 0 Å². The van der Waals surface area contributed by atoms with Gasteiger partial charge < -0.3 is 10.0 Å². The highest BCUT2D eigenvalue weighted by atomic mass is 16.3. The maximum Gasteiger partial charge on any atom is 0.0978 e. The lowest BCUT2D eigenvalue weighted by atomic mass is 9.71. The normalized spacial score (nSPS) is 24.0. The van der Waals surface area contributed by atoms with Crippen molar-refractivity contribution in [3.63, 3.8) is 0 Å². The fourth-order valence-electron chi connectivity index (χ4n) is 4.38. The van der Waals surface area contributed by atoms with Crippen LogP contribution >= 0.6 is 0 Å². The molecule has 1 atom stereocenters. The number of hydrogen-bond acceptors (Lipinski definition) is 1. The van der Waals surface area contributed by atoms with Crippen LogP contribution < -0.4 is 4.90 Å². The average molecular weight is 288 g/mol. The smallest absolute Gasteiger partial charge is 0.0978 e.